The third-order valence-corrected chi connectivity index (χ3v) is 4.70. The van der Waals surface area contributed by atoms with Gasteiger partial charge in [0, 0.05) is 24.6 Å². The number of pyridine rings is 1. The van der Waals surface area contributed by atoms with E-state index in [1.807, 2.05) is 30.3 Å². The Balaban J connectivity index is 1.33. The van der Waals surface area contributed by atoms with Crippen LogP contribution in [-0.4, -0.2) is 39.7 Å². The SMILES string of the molecule is c1cnc2c(Nc3ccc4c(OCC5CCCCO5)noc4c3)n[nH]c2c1. The summed E-state index contributed by atoms with van der Waals surface area (Å²) in [5, 5.41) is 15.4. The average Bonchev–Trinajstić information content (AvgIpc) is 3.31. The minimum Gasteiger partial charge on any atom is -0.472 e. The molecular weight excluding hydrogens is 346 g/mol. The summed E-state index contributed by atoms with van der Waals surface area (Å²) in [5.74, 6) is 1.16. The maximum Gasteiger partial charge on any atom is 0.262 e. The van der Waals surface area contributed by atoms with Gasteiger partial charge in [-0.1, -0.05) is 0 Å². The molecule has 138 valence electrons. The van der Waals surface area contributed by atoms with E-state index in [2.05, 4.69) is 25.7 Å². The van der Waals surface area contributed by atoms with Gasteiger partial charge in [0.15, 0.2) is 11.4 Å². The summed E-state index contributed by atoms with van der Waals surface area (Å²) < 4.78 is 17.0. The molecule has 3 aromatic heterocycles. The third kappa shape index (κ3) is 3.19. The van der Waals surface area contributed by atoms with Gasteiger partial charge in [0.05, 0.1) is 17.0 Å². The minimum absolute atomic E-state index is 0.131. The van der Waals surface area contributed by atoms with Crippen LogP contribution < -0.4 is 10.1 Å². The van der Waals surface area contributed by atoms with Gasteiger partial charge >= 0.3 is 0 Å². The molecule has 0 amide bonds. The Hall–Kier alpha value is -3.13. The second-order valence-electron chi connectivity index (χ2n) is 6.60. The molecular formula is C19H19N5O3. The lowest BCUT2D eigenvalue weighted by Crippen LogP contribution is -2.25. The van der Waals surface area contributed by atoms with E-state index in [0.717, 1.165) is 41.6 Å². The highest BCUT2D eigenvalue weighted by molar-refractivity contribution is 5.90. The molecule has 1 aromatic carbocycles. The Morgan fingerprint density at radius 1 is 1.26 bits per heavy atom. The normalized spacial score (nSPS) is 17.4. The molecule has 0 spiro atoms. The van der Waals surface area contributed by atoms with E-state index in [9.17, 15) is 0 Å². The van der Waals surface area contributed by atoms with E-state index >= 15 is 0 Å². The number of H-pyrrole nitrogens is 1. The lowest BCUT2D eigenvalue weighted by molar-refractivity contribution is -0.0122. The van der Waals surface area contributed by atoms with Crippen LogP contribution in [0.15, 0.2) is 41.1 Å². The first-order valence-corrected chi connectivity index (χ1v) is 9.07. The fourth-order valence-electron chi connectivity index (χ4n) is 3.28. The van der Waals surface area contributed by atoms with Crippen molar-refractivity contribution in [3.8, 4) is 5.88 Å². The number of nitrogens with one attached hydrogen (secondary N) is 2. The largest absolute Gasteiger partial charge is 0.472 e. The van der Waals surface area contributed by atoms with Gasteiger partial charge in [-0.25, -0.2) is 0 Å². The monoisotopic (exact) mass is 365 g/mol. The van der Waals surface area contributed by atoms with E-state index < -0.39 is 0 Å². The second-order valence-corrected chi connectivity index (χ2v) is 6.60. The number of hydrogen-bond acceptors (Lipinski definition) is 7. The van der Waals surface area contributed by atoms with Crippen LogP contribution in [-0.2, 0) is 4.74 Å². The highest BCUT2D eigenvalue weighted by atomic mass is 16.6. The molecule has 4 heterocycles. The highest BCUT2D eigenvalue weighted by Gasteiger charge is 2.17. The van der Waals surface area contributed by atoms with Gasteiger partial charge in [-0.2, -0.15) is 5.10 Å². The first-order chi connectivity index (χ1) is 13.4. The summed E-state index contributed by atoms with van der Waals surface area (Å²) in [6.45, 7) is 1.30. The molecule has 1 saturated heterocycles. The Morgan fingerprint density at radius 3 is 3.19 bits per heavy atom. The van der Waals surface area contributed by atoms with Crippen molar-refractivity contribution in [3.63, 3.8) is 0 Å². The molecule has 4 aromatic rings. The average molecular weight is 365 g/mol. The quantitative estimate of drug-likeness (QED) is 0.555. The molecule has 5 rings (SSSR count). The Kier molecular flexibility index (Phi) is 4.10. The molecule has 0 saturated carbocycles. The molecule has 1 fully saturated rings. The predicted octanol–water partition coefficient (Wildman–Crippen LogP) is 3.79. The molecule has 0 bridgehead atoms. The second kappa shape index (κ2) is 6.88. The van der Waals surface area contributed by atoms with Crippen LogP contribution in [0.2, 0.25) is 0 Å². The van der Waals surface area contributed by atoms with E-state index in [4.69, 9.17) is 14.0 Å². The van der Waals surface area contributed by atoms with Crippen LogP contribution in [0.4, 0.5) is 11.5 Å². The van der Waals surface area contributed by atoms with Gasteiger partial charge < -0.3 is 19.3 Å². The van der Waals surface area contributed by atoms with Gasteiger partial charge in [-0.05, 0) is 48.7 Å². The van der Waals surface area contributed by atoms with Gasteiger partial charge in [0.2, 0.25) is 0 Å². The van der Waals surface area contributed by atoms with E-state index in [0.29, 0.717) is 23.9 Å². The molecule has 8 nitrogen and oxygen atoms in total. The summed E-state index contributed by atoms with van der Waals surface area (Å²) in [7, 11) is 0. The van der Waals surface area contributed by atoms with Crippen molar-refractivity contribution in [1.29, 1.82) is 0 Å². The van der Waals surface area contributed by atoms with Gasteiger partial charge in [0.25, 0.3) is 5.88 Å². The zero-order chi connectivity index (χ0) is 18.1. The van der Waals surface area contributed by atoms with Crippen LogP contribution in [0.1, 0.15) is 19.3 Å². The van der Waals surface area contributed by atoms with E-state index in [-0.39, 0.29) is 6.10 Å². The molecule has 1 aliphatic rings. The summed E-state index contributed by atoms with van der Waals surface area (Å²) in [6.07, 6.45) is 5.20. The van der Waals surface area contributed by atoms with Crippen LogP contribution >= 0.6 is 0 Å². The van der Waals surface area contributed by atoms with Crippen LogP contribution in [0.3, 0.4) is 0 Å². The van der Waals surface area contributed by atoms with Crippen molar-refractivity contribution >= 4 is 33.5 Å². The Labute approximate surface area is 154 Å². The summed E-state index contributed by atoms with van der Waals surface area (Å²) in [4.78, 5) is 4.35. The van der Waals surface area contributed by atoms with E-state index in [1.54, 1.807) is 6.20 Å². The van der Waals surface area contributed by atoms with Crippen molar-refractivity contribution in [2.45, 2.75) is 25.4 Å². The summed E-state index contributed by atoms with van der Waals surface area (Å²) in [6, 6.07) is 9.53. The number of aromatic amines is 1. The van der Waals surface area contributed by atoms with Crippen LogP contribution in [0.5, 0.6) is 5.88 Å². The molecule has 1 unspecified atom stereocenters. The number of anilines is 2. The van der Waals surface area contributed by atoms with Crippen molar-refractivity contribution in [2.24, 2.45) is 0 Å². The van der Waals surface area contributed by atoms with Gasteiger partial charge in [-0.3, -0.25) is 10.1 Å². The Morgan fingerprint density at radius 2 is 2.26 bits per heavy atom. The molecule has 1 atom stereocenters. The topological polar surface area (TPSA) is 98.1 Å². The number of ether oxygens (including phenoxy) is 2. The number of rotatable bonds is 5. The number of hydrogen-bond donors (Lipinski definition) is 2. The summed E-state index contributed by atoms with van der Waals surface area (Å²) >= 11 is 0. The fraction of sp³-hybridized carbons (Fsp3) is 0.316. The predicted molar refractivity (Wildman–Crippen MR) is 100 cm³/mol. The Bertz CT molecular complexity index is 1070. The molecule has 8 heteroatoms. The van der Waals surface area contributed by atoms with Crippen molar-refractivity contribution < 1.29 is 14.0 Å². The standard InChI is InChI=1S/C19H19N5O3/c1-2-9-25-13(4-1)11-26-19-14-7-6-12(10-16(14)27-24-19)21-18-17-15(22-23-18)5-3-8-20-17/h3,5-8,10,13H,1-2,4,9,11H2,(H2,21,22,23). The molecule has 0 aliphatic carbocycles. The zero-order valence-corrected chi connectivity index (χ0v) is 14.6. The van der Waals surface area contributed by atoms with Crippen molar-refractivity contribution in [2.75, 3.05) is 18.5 Å². The molecule has 2 N–H and O–H groups in total. The third-order valence-electron chi connectivity index (χ3n) is 4.70. The lowest BCUT2D eigenvalue weighted by atomic mass is 10.1. The summed E-state index contributed by atoms with van der Waals surface area (Å²) in [5.41, 5.74) is 3.14. The number of fused-ring (bicyclic) bond motifs is 2. The zero-order valence-electron chi connectivity index (χ0n) is 14.6. The van der Waals surface area contributed by atoms with E-state index in [1.165, 1.54) is 6.42 Å². The van der Waals surface area contributed by atoms with Crippen LogP contribution in [0.25, 0.3) is 22.0 Å². The minimum atomic E-state index is 0.131. The van der Waals surface area contributed by atoms with Crippen LogP contribution in [0, 0.1) is 0 Å². The van der Waals surface area contributed by atoms with Crippen molar-refractivity contribution in [1.82, 2.24) is 20.3 Å². The fourth-order valence-corrected chi connectivity index (χ4v) is 3.28. The maximum absolute atomic E-state index is 5.82. The molecule has 1 aliphatic heterocycles. The first-order valence-electron chi connectivity index (χ1n) is 9.07. The van der Waals surface area contributed by atoms with Gasteiger partial charge in [-0.15, -0.1) is 0 Å². The van der Waals surface area contributed by atoms with Gasteiger partial charge in [0.1, 0.15) is 12.1 Å². The molecule has 0 radical (unpaired) electrons. The van der Waals surface area contributed by atoms with Crippen molar-refractivity contribution in [3.05, 3.63) is 36.5 Å². The molecule has 27 heavy (non-hydrogen) atoms. The number of aromatic nitrogens is 4. The number of benzene rings is 1. The smallest absolute Gasteiger partial charge is 0.262 e. The number of nitrogens with zero attached hydrogens (tertiary/aromatic N) is 3. The first kappa shape index (κ1) is 16.1. The highest BCUT2D eigenvalue weighted by Crippen LogP contribution is 2.30. The lowest BCUT2D eigenvalue weighted by Gasteiger charge is -2.21. The maximum atomic E-state index is 5.82.